The average molecular weight is 435 g/mol. The van der Waals surface area contributed by atoms with Gasteiger partial charge in [-0.15, -0.1) is 0 Å². The molecule has 0 bridgehead atoms. The van der Waals surface area contributed by atoms with E-state index in [1.165, 1.54) is 11.1 Å². The summed E-state index contributed by atoms with van der Waals surface area (Å²) < 4.78 is 0. The van der Waals surface area contributed by atoms with Crippen LogP contribution >= 0.6 is 0 Å². The van der Waals surface area contributed by atoms with Crippen LogP contribution < -0.4 is 0 Å². The van der Waals surface area contributed by atoms with Crippen LogP contribution in [0.4, 0.5) is 0 Å². The molecule has 0 spiro atoms. The molecular weight excluding hydrogens is 400 g/mol. The van der Waals surface area contributed by atoms with Crippen LogP contribution in [0.2, 0.25) is 0 Å². The number of benzene rings is 2. The van der Waals surface area contributed by atoms with Gasteiger partial charge in [-0.05, 0) is 18.2 Å². The normalized spacial score (nSPS) is 18.2. The second-order valence-electron chi connectivity index (χ2n) is 8.82. The summed E-state index contributed by atoms with van der Waals surface area (Å²) in [5, 5.41) is 0. The van der Waals surface area contributed by atoms with E-state index >= 15 is 0 Å². The Morgan fingerprint density at radius 2 is 1.06 bits per heavy atom. The molecule has 2 amide bonds. The van der Waals surface area contributed by atoms with E-state index in [0.29, 0.717) is 25.9 Å². The second kappa shape index (κ2) is 10.7. The molecule has 2 aromatic carbocycles. The summed E-state index contributed by atoms with van der Waals surface area (Å²) in [7, 11) is 2.07. The number of carbonyl (C=O) groups excluding carboxylic acids is 2. The fraction of sp³-hybridized carbons (Fsp3) is 0.462. The van der Waals surface area contributed by atoms with Gasteiger partial charge in [-0.1, -0.05) is 60.7 Å². The van der Waals surface area contributed by atoms with Crippen LogP contribution in [0.5, 0.6) is 0 Å². The lowest BCUT2D eigenvalue weighted by molar-refractivity contribution is -0.138. The molecule has 4 rings (SSSR count). The fourth-order valence-electron chi connectivity index (χ4n) is 4.70. The number of carbonyl (C=O) groups is 2. The summed E-state index contributed by atoms with van der Waals surface area (Å²) in [5.41, 5.74) is 2.55. The lowest BCUT2D eigenvalue weighted by Crippen LogP contribution is -2.50. The molecule has 2 fully saturated rings. The monoisotopic (exact) mass is 434 g/mol. The Labute approximate surface area is 191 Å². The average Bonchev–Trinajstić information content (AvgIpc) is 2.85. The predicted octanol–water partition coefficient (Wildman–Crippen LogP) is 2.47. The zero-order chi connectivity index (χ0) is 22.3. The van der Waals surface area contributed by atoms with Crippen LogP contribution in [0.25, 0.3) is 0 Å². The van der Waals surface area contributed by atoms with Gasteiger partial charge in [0, 0.05) is 65.2 Å². The standard InChI is InChI=1S/C26H34N4O2/c1-27-14-16-28(17-15-27)24(31)12-13-25(32)29-18-20-30(21-19-29)26(22-8-4-2-5-9-22)23-10-6-3-7-11-23/h2-11,26H,12-21H2,1H3. The molecule has 0 aliphatic carbocycles. The van der Waals surface area contributed by atoms with Gasteiger partial charge < -0.3 is 14.7 Å². The minimum atomic E-state index is 0.100. The SMILES string of the molecule is CN1CCN(C(=O)CCC(=O)N2CCN(C(c3ccccc3)c3ccccc3)CC2)CC1. The van der Waals surface area contributed by atoms with Crippen molar-refractivity contribution in [1.82, 2.24) is 19.6 Å². The Kier molecular flexibility index (Phi) is 7.55. The maximum absolute atomic E-state index is 12.8. The molecule has 2 heterocycles. The van der Waals surface area contributed by atoms with E-state index in [4.69, 9.17) is 0 Å². The van der Waals surface area contributed by atoms with E-state index < -0.39 is 0 Å². The number of nitrogens with zero attached hydrogens (tertiary/aromatic N) is 4. The van der Waals surface area contributed by atoms with Crippen LogP contribution in [0.3, 0.4) is 0 Å². The van der Waals surface area contributed by atoms with Crippen molar-refractivity contribution >= 4 is 11.8 Å². The van der Waals surface area contributed by atoms with Gasteiger partial charge in [0.25, 0.3) is 0 Å². The highest BCUT2D eigenvalue weighted by Crippen LogP contribution is 2.29. The molecule has 0 N–H and O–H groups in total. The second-order valence-corrected chi connectivity index (χ2v) is 8.82. The number of hydrogen-bond donors (Lipinski definition) is 0. The summed E-state index contributed by atoms with van der Waals surface area (Å²) >= 11 is 0. The Morgan fingerprint density at radius 1 is 0.656 bits per heavy atom. The molecule has 0 aromatic heterocycles. The fourth-order valence-corrected chi connectivity index (χ4v) is 4.70. The van der Waals surface area contributed by atoms with Crippen molar-refractivity contribution < 1.29 is 9.59 Å². The quantitative estimate of drug-likeness (QED) is 0.701. The molecule has 0 radical (unpaired) electrons. The molecule has 2 aliphatic heterocycles. The van der Waals surface area contributed by atoms with E-state index in [-0.39, 0.29) is 17.9 Å². The third-order valence-electron chi connectivity index (χ3n) is 6.67. The van der Waals surface area contributed by atoms with E-state index in [1.54, 1.807) is 0 Å². The van der Waals surface area contributed by atoms with Gasteiger partial charge in [-0.3, -0.25) is 14.5 Å². The molecule has 6 heteroatoms. The summed E-state index contributed by atoms with van der Waals surface area (Å²) in [5.74, 6) is 0.210. The first-order valence-electron chi connectivity index (χ1n) is 11.7. The number of piperazine rings is 2. The van der Waals surface area contributed by atoms with Crippen LogP contribution in [0.1, 0.15) is 30.0 Å². The van der Waals surface area contributed by atoms with Gasteiger partial charge in [0.05, 0.1) is 6.04 Å². The van der Waals surface area contributed by atoms with E-state index in [1.807, 2.05) is 21.9 Å². The number of amides is 2. The lowest BCUT2D eigenvalue weighted by atomic mass is 9.96. The van der Waals surface area contributed by atoms with Crippen molar-refractivity contribution in [2.75, 3.05) is 59.4 Å². The first-order chi connectivity index (χ1) is 15.6. The molecule has 2 aromatic rings. The topological polar surface area (TPSA) is 47.1 Å². The minimum Gasteiger partial charge on any atom is -0.340 e. The summed E-state index contributed by atoms with van der Waals surface area (Å²) in [6.45, 7) is 6.41. The van der Waals surface area contributed by atoms with Crippen molar-refractivity contribution in [1.29, 1.82) is 0 Å². The molecule has 0 atom stereocenters. The molecule has 6 nitrogen and oxygen atoms in total. The highest BCUT2D eigenvalue weighted by Gasteiger charge is 2.28. The highest BCUT2D eigenvalue weighted by atomic mass is 16.2. The zero-order valence-corrected chi connectivity index (χ0v) is 19.0. The van der Waals surface area contributed by atoms with Crippen LogP contribution in [-0.2, 0) is 9.59 Å². The molecule has 0 saturated carbocycles. The minimum absolute atomic E-state index is 0.100. The van der Waals surface area contributed by atoms with Gasteiger partial charge in [0.1, 0.15) is 0 Å². The lowest BCUT2D eigenvalue weighted by Gasteiger charge is -2.40. The Morgan fingerprint density at radius 3 is 1.50 bits per heavy atom. The highest BCUT2D eigenvalue weighted by molar-refractivity contribution is 5.84. The third kappa shape index (κ3) is 5.56. The van der Waals surface area contributed by atoms with Gasteiger partial charge >= 0.3 is 0 Å². The van der Waals surface area contributed by atoms with Crippen molar-refractivity contribution in [3.8, 4) is 0 Å². The van der Waals surface area contributed by atoms with Gasteiger partial charge in [-0.2, -0.15) is 0 Å². The third-order valence-corrected chi connectivity index (χ3v) is 6.67. The first kappa shape index (κ1) is 22.5. The zero-order valence-electron chi connectivity index (χ0n) is 19.0. The summed E-state index contributed by atoms with van der Waals surface area (Å²) in [6, 6.07) is 21.3. The Bertz CT molecular complexity index is 834. The van der Waals surface area contributed by atoms with Gasteiger partial charge in [0.2, 0.25) is 11.8 Å². The Balaban J connectivity index is 1.31. The van der Waals surface area contributed by atoms with Gasteiger partial charge in [0.15, 0.2) is 0 Å². The molecule has 32 heavy (non-hydrogen) atoms. The Hall–Kier alpha value is -2.70. The number of likely N-dealkylation sites (N-methyl/N-ethyl adjacent to an activating group) is 1. The van der Waals surface area contributed by atoms with Crippen LogP contribution in [0, 0.1) is 0 Å². The van der Waals surface area contributed by atoms with Crippen molar-refractivity contribution in [2.24, 2.45) is 0 Å². The van der Waals surface area contributed by atoms with E-state index in [9.17, 15) is 9.59 Å². The van der Waals surface area contributed by atoms with Crippen molar-refractivity contribution in [2.45, 2.75) is 18.9 Å². The molecule has 0 unspecified atom stereocenters. The first-order valence-corrected chi connectivity index (χ1v) is 11.7. The smallest absolute Gasteiger partial charge is 0.223 e. The number of hydrogen-bond acceptors (Lipinski definition) is 4. The van der Waals surface area contributed by atoms with E-state index in [2.05, 4.69) is 65.4 Å². The largest absolute Gasteiger partial charge is 0.340 e. The molecular formula is C26H34N4O2. The summed E-state index contributed by atoms with van der Waals surface area (Å²) in [6.07, 6.45) is 0.630. The molecule has 2 saturated heterocycles. The molecule has 170 valence electrons. The van der Waals surface area contributed by atoms with Crippen LogP contribution in [0.15, 0.2) is 60.7 Å². The van der Waals surface area contributed by atoms with Crippen LogP contribution in [-0.4, -0.2) is 90.8 Å². The number of rotatable bonds is 6. The predicted molar refractivity (Wildman–Crippen MR) is 126 cm³/mol. The van der Waals surface area contributed by atoms with Gasteiger partial charge in [-0.25, -0.2) is 0 Å². The maximum atomic E-state index is 12.8. The maximum Gasteiger partial charge on any atom is 0.223 e. The summed E-state index contributed by atoms with van der Waals surface area (Å²) in [4.78, 5) is 33.8. The molecule has 2 aliphatic rings. The van der Waals surface area contributed by atoms with Crippen molar-refractivity contribution in [3.05, 3.63) is 71.8 Å². The van der Waals surface area contributed by atoms with Crippen molar-refractivity contribution in [3.63, 3.8) is 0 Å². The van der Waals surface area contributed by atoms with E-state index in [0.717, 1.165) is 39.3 Å².